The molecule has 1 fully saturated rings. The van der Waals surface area contributed by atoms with Crippen molar-refractivity contribution in [3.05, 3.63) is 41.7 Å². The highest BCUT2D eigenvalue weighted by atomic mass is 19.1. The molecule has 4 heteroatoms. The van der Waals surface area contributed by atoms with Gasteiger partial charge in [-0.05, 0) is 37.0 Å². The van der Waals surface area contributed by atoms with Crippen molar-refractivity contribution in [1.29, 1.82) is 0 Å². The summed E-state index contributed by atoms with van der Waals surface area (Å²) in [5.41, 5.74) is 0.399. The number of benzene rings is 1. The number of aromatic carboxylic acids is 1. The molecule has 0 spiro atoms. The van der Waals surface area contributed by atoms with Crippen LogP contribution in [0, 0.1) is 17.7 Å². The van der Waals surface area contributed by atoms with Crippen LogP contribution in [0.25, 0.3) is 0 Å². The first-order valence-electron chi connectivity index (χ1n) is 6.11. The highest BCUT2D eigenvalue weighted by Gasteiger charge is 2.40. The van der Waals surface area contributed by atoms with Gasteiger partial charge in [-0.2, -0.15) is 0 Å². The van der Waals surface area contributed by atoms with Crippen LogP contribution in [-0.2, 0) is 0 Å². The fourth-order valence-corrected chi connectivity index (χ4v) is 2.88. The molecule has 2 N–H and O–H groups in total. The van der Waals surface area contributed by atoms with Gasteiger partial charge in [0, 0.05) is 17.6 Å². The number of anilines is 1. The average Bonchev–Trinajstić information content (AvgIpc) is 2.69. The molecule has 0 amide bonds. The Bertz CT molecular complexity index is 527. The van der Waals surface area contributed by atoms with Crippen molar-refractivity contribution in [2.75, 3.05) is 5.32 Å². The predicted molar refractivity (Wildman–Crippen MR) is 66.1 cm³/mol. The summed E-state index contributed by atoms with van der Waals surface area (Å²) in [7, 11) is 0. The van der Waals surface area contributed by atoms with Crippen LogP contribution >= 0.6 is 0 Å². The highest BCUT2D eigenvalue weighted by Crippen LogP contribution is 2.44. The molecule has 94 valence electrons. The van der Waals surface area contributed by atoms with E-state index in [9.17, 15) is 9.18 Å². The van der Waals surface area contributed by atoms with Crippen molar-refractivity contribution in [2.45, 2.75) is 18.9 Å². The quantitative estimate of drug-likeness (QED) is 0.807. The van der Waals surface area contributed by atoms with E-state index in [0.29, 0.717) is 17.6 Å². The summed E-state index contributed by atoms with van der Waals surface area (Å²) in [5, 5.41) is 12.2. The Morgan fingerprint density at radius 3 is 3.00 bits per heavy atom. The van der Waals surface area contributed by atoms with Gasteiger partial charge in [-0.3, -0.25) is 0 Å². The van der Waals surface area contributed by atoms with Gasteiger partial charge < -0.3 is 10.4 Å². The fourth-order valence-electron chi connectivity index (χ4n) is 2.88. The molecule has 0 saturated heterocycles. The molecule has 0 bridgehead atoms. The van der Waals surface area contributed by atoms with Crippen molar-refractivity contribution in [3.63, 3.8) is 0 Å². The van der Waals surface area contributed by atoms with Gasteiger partial charge in [-0.15, -0.1) is 0 Å². The number of hydrogen-bond donors (Lipinski definition) is 2. The van der Waals surface area contributed by atoms with Crippen molar-refractivity contribution in [3.8, 4) is 0 Å². The minimum atomic E-state index is -1.23. The van der Waals surface area contributed by atoms with E-state index in [0.717, 1.165) is 18.8 Å². The van der Waals surface area contributed by atoms with Gasteiger partial charge in [0.2, 0.25) is 0 Å². The molecule has 0 aromatic heterocycles. The van der Waals surface area contributed by atoms with Crippen LogP contribution in [0.4, 0.5) is 10.1 Å². The Morgan fingerprint density at radius 2 is 2.28 bits per heavy atom. The van der Waals surface area contributed by atoms with Gasteiger partial charge in [-0.25, -0.2) is 9.18 Å². The lowest BCUT2D eigenvalue weighted by Crippen LogP contribution is -2.43. The van der Waals surface area contributed by atoms with Gasteiger partial charge in [0.05, 0.1) is 5.56 Å². The Balaban J connectivity index is 1.75. The minimum Gasteiger partial charge on any atom is -0.478 e. The zero-order valence-corrected chi connectivity index (χ0v) is 9.77. The van der Waals surface area contributed by atoms with E-state index in [-0.39, 0.29) is 5.56 Å². The van der Waals surface area contributed by atoms with Crippen LogP contribution in [0.1, 0.15) is 23.2 Å². The van der Waals surface area contributed by atoms with Crippen LogP contribution in [0.15, 0.2) is 30.4 Å². The first-order valence-corrected chi connectivity index (χ1v) is 6.11. The number of carboxylic acid groups (broad SMARTS) is 1. The Morgan fingerprint density at radius 1 is 1.44 bits per heavy atom. The van der Waals surface area contributed by atoms with Crippen molar-refractivity contribution >= 4 is 11.7 Å². The van der Waals surface area contributed by atoms with E-state index in [1.54, 1.807) is 6.07 Å². The number of nitrogens with one attached hydrogen (secondary N) is 1. The van der Waals surface area contributed by atoms with E-state index in [1.165, 1.54) is 12.1 Å². The van der Waals surface area contributed by atoms with E-state index in [4.69, 9.17) is 5.11 Å². The van der Waals surface area contributed by atoms with E-state index in [1.807, 2.05) is 0 Å². The number of hydrogen-bond acceptors (Lipinski definition) is 2. The summed E-state index contributed by atoms with van der Waals surface area (Å²) in [6.07, 6.45) is 6.65. The number of fused-ring (bicyclic) bond motifs is 1. The molecule has 3 unspecified atom stereocenters. The molecule has 2 aliphatic rings. The number of halogens is 1. The topological polar surface area (TPSA) is 49.3 Å². The smallest absolute Gasteiger partial charge is 0.338 e. The maximum Gasteiger partial charge on any atom is 0.338 e. The first kappa shape index (κ1) is 11.3. The third-order valence-electron chi connectivity index (χ3n) is 3.91. The van der Waals surface area contributed by atoms with E-state index < -0.39 is 11.8 Å². The highest BCUT2D eigenvalue weighted by molar-refractivity contribution is 5.89. The van der Waals surface area contributed by atoms with Crippen molar-refractivity contribution in [2.24, 2.45) is 11.8 Å². The van der Waals surface area contributed by atoms with Crippen LogP contribution in [0.5, 0.6) is 0 Å². The molecule has 1 aromatic carbocycles. The summed E-state index contributed by atoms with van der Waals surface area (Å²) in [6, 6.07) is 4.50. The standard InChI is InChI=1S/C14H14FNO2/c15-12-5-4-9(7-11(12)14(17)18)16-13-6-8-2-1-3-10(8)13/h1,3-5,7-8,10,13,16H,2,6H2,(H,17,18). The van der Waals surface area contributed by atoms with Crippen LogP contribution in [-0.4, -0.2) is 17.1 Å². The Hall–Kier alpha value is -1.84. The summed E-state index contributed by atoms with van der Waals surface area (Å²) in [6.45, 7) is 0. The van der Waals surface area contributed by atoms with E-state index in [2.05, 4.69) is 17.5 Å². The van der Waals surface area contributed by atoms with Gasteiger partial charge in [0.1, 0.15) is 5.82 Å². The molecular formula is C14H14FNO2. The summed E-state index contributed by atoms with van der Waals surface area (Å²) in [5.74, 6) is -0.645. The molecular weight excluding hydrogens is 233 g/mol. The zero-order chi connectivity index (χ0) is 12.7. The lowest BCUT2D eigenvalue weighted by atomic mass is 9.71. The van der Waals surface area contributed by atoms with Gasteiger partial charge in [0.15, 0.2) is 0 Å². The SMILES string of the molecule is O=C(O)c1cc(NC2CC3CC=CC32)ccc1F. The third-order valence-corrected chi connectivity index (χ3v) is 3.91. The second kappa shape index (κ2) is 4.12. The molecule has 2 aliphatic carbocycles. The maximum atomic E-state index is 13.2. The molecule has 0 heterocycles. The maximum absolute atomic E-state index is 13.2. The molecule has 3 nitrogen and oxygen atoms in total. The largest absolute Gasteiger partial charge is 0.478 e. The monoisotopic (exact) mass is 247 g/mol. The van der Waals surface area contributed by atoms with Gasteiger partial charge in [-0.1, -0.05) is 12.2 Å². The number of carboxylic acids is 1. The first-order chi connectivity index (χ1) is 8.65. The van der Waals surface area contributed by atoms with Crippen LogP contribution in [0.3, 0.4) is 0 Å². The lowest BCUT2D eigenvalue weighted by molar-refractivity contribution is 0.0692. The van der Waals surface area contributed by atoms with Gasteiger partial charge >= 0.3 is 5.97 Å². The minimum absolute atomic E-state index is 0.280. The number of carbonyl (C=O) groups is 1. The summed E-state index contributed by atoms with van der Waals surface area (Å²) < 4.78 is 13.2. The van der Waals surface area contributed by atoms with Crippen LogP contribution < -0.4 is 5.32 Å². The van der Waals surface area contributed by atoms with E-state index >= 15 is 0 Å². The second-order valence-corrected chi connectivity index (χ2v) is 4.99. The molecule has 1 saturated carbocycles. The van der Waals surface area contributed by atoms with Crippen LogP contribution in [0.2, 0.25) is 0 Å². The second-order valence-electron chi connectivity index (χ2n) is 4.99. The van der Waals surface area contributed by atoms with Gasteiger partial charge in [0.25, 0.3) is 0 Å². The van der Waals surface area contributed by atoms with Crippen molar-refractivity contribution in [1.82, 2.24) is 0 Å². The summed E-state index contributed by atoms with van der Waals surface area (Å²) >= 11 is 0. The molecule has 0 radical (unpaired) electrons. The predicted octanol–water partition coefficient (Wildman–Crippen LogP) is 2.90. The normalized spacial score (nSPS) is 28.6. The average molecular weight is 247 g/mol. The third kappa shape index (κ3) is 1.78. The zero-order valence-electron chi connectivity index (χ0n) is 9.77. The molecule has 3 atom stereocenters. The molecule has 3 rings (SSSR count). The lowest BCUT2D eigenvalue weighted by Gasteiger charge is -2.41. The van der Waals surface area contributed by atoms with Crippen molar-refractivity contribution < 1.29 is 14.3 Å². The summed E-state index contributed by atoms with van der Waals surface area (Å²) in [4.78, 5) is 10.8. The Labute approximate surface area is 104 Å². The molecule has 18 heavy (non-hydrogen) atoms. The molecule has 1 aromatic rings. The fraction of sp³-hybridized carbons (Fsp3) is 0.357. The molecule has 0 aliphatic heterocycles. The Kier molecular flexibility index (Phi) is 2.58. The number of rotatable bonds is 3. The number of allylic oxidation sites excluding steroid dienone is 1.